The molecule has 1 aliphatic rings. The first-order chi connectivity index (χ1) is 9.28. The zero-order valence-electron chi connectivity index (χ0n) is 10.8. The van der Waals surface area contributed by atoms with Crippen molar-refractivity contribution in [3.05, 3.63) is 29.8 Å². The Hall–Kier alpha value is -2.06. The van der Waals surface area contributed by atoms with Gasteiger partial charge in [-0.05, 0) is 37.1 Å². The Bertz CT molecular complexity index is 459. The van der Waals surface area contributed by atoms with Crippen LogP contribution in [0.4, 0.5) is 0 Å². The van der Waals surface area contributed by atoms with Gasteiger partial charge >= 0.3 is 0 Å². The second kappa shape index (κ2) is 6.76. The summed E-state index contributed by atoms with van der Waals surface area (Å²) in [5.41, 5.74) is 3.40. The van der Waals surface area contributed by atoms with Crippen molar-refractivity contribution in [1.82, 2.24) is 10.4 Å². The lowest BCUT2D eigenvalue weighted by molar-refractivity contribution is -0.128. The molecule has 1 N–H and O–H groups in total. The summed E-state index contributed by atoms with van der Waals surface area (Å²) in [6.45, 7) is 1.80. The van der Waals surface area contributed by atoms with Crippen LogP contribution < -0.4 is 10.2 Å². The van der Waals surface area contributed by atoms with Gasteiger partial charge in [-0.3, -0.25) is 10.2 Å². The third-order valence-electron chi connectivity index (χ3n) is 2.99. The van der Waals surface area contributed by atoms with Gasteiger partial charge in [-0.15, -0.1) is 0 Å². The standard InChI is InChI=1S/C14H17N3O2/c15-10-12-4-6-13(7-5-12)19-11-14(18)16-17-8-2-1-3-9-17/h4-7H,1-3,8-9,11H2,(H,16,18). The number of carbonyl (C=O) groups excluding carboxylic acids is 1. The number of amides is 1. The quantitative estimate of drug-likeness (QED) is 0.889. The molecule has 1 aromatic rings. The van der Waals surface area contributed by atoms with Crippen LogP contribution in [-0.2, 0) is 4.79 Å². The van der Waals surface area contributed by atoms with E-state index in [1.54, 1.807) is 24.3 Å². The number of carbonyl (C=O) groups is 1. The molecule has 1 fully saturated rings. The van der Waals surface area contributed by atoms with Gasteiger partial charge in [-0.2, -0.15) is 5.26 Å². The van der Waals surface area contributed by atoms with E-state index in [1.807, 2.05) is 11.1 Å². The van der Waals surface area contributed by atoms with E-state index in [9.17, 15) is 4.79 Å². The lowest BCUT2D eigenvalue weighted by Crippen LogP contribution is -2.46. The lowest BCUT2D eigenvalue weighted by atomic mass is 10.2. The summed E-state index contributed by atoms with van der Waals surface area (Å²) >= 11 is 0. The number of rotatable bonds is 4. The number of piperidine rings is 1. The molecule has 1 aliphatic heterocycles. The average Bonchev–Trinajstić information content (AvgIpc) is 2.47. The molecule has 0 aromatic heterocycles. The first-order valence-electron chi connectivity index (χ1n) is 6.45. The van der Waals surface area contributed by atoms with Gasteiger partial charge in [0, 0.05) is 13.1 Å². The second-order valence-corrected chi connectivity index (χ2v) is 4.51. The molecule has 0 bridgehead atoms. The molecule has 5 heteroatoms. The number of hydrazine groups is 1. The number of hydrogen-bond acceptors (Lipinski definition) is 4. The maximum Gasteiger partial charge on any atom is 0.272 e. The molecule has 0 radical (unpaired) electrons. The van der Waals surface area contributed by atoms with Gasteiger partial charge in [0.1, 0.15) is 5.75 Å². The first kappa shape index (κ1) is 13.4. The van der Waals surface area contributed by atoms with E-state index in [1.165, 1.54) is 6.42 Å². The predicted molar refractivity (Wildman–Crippen MR) is 70.2 cm³/mol. The Morgan fingerprint density at radius 3 is 2.58 bits per heavy atom. The Kier molecular flexibility index (Phi) is 4.76. The summed E-state index contributed by atoms with van der Waals surface area (Å²) < 4.78 is 5.36. The molecule has 0 unspecified atom stereocenters. The second-order valence-electron chi connectivity index (χ2n) is 4.51. The Morgan fingerprint density at radius 2 is 1.95 bits per heavy atom. The van der Waals surface area contributed by atoms with E-state index < -0.39 is 0 Å². The Balaban J connectivity index is 1.74. The molecule has 0 aliphatic carbocycles. The van der Waals surface area contributed by atoms with Crippen molar-refractivity contribution < 1.29 is 9.53 Å². The molecule has 1 aromatic carbocycles. The maximum atomic E-state index is 11.7. The van der Waals surface area contributed by atoms with Gasteiger partial charge in [-0.25, -0.2) is 5.01 Å². The molecular weight excluding hydrogens is 242 g/mol. The third-order valence-corrected chi connectivity index (χ3v) is 2.99. The van der Waals surface area contributed by atoms with Crippen molar-refractivity contribution in [2.24, 2.45) is 0 Å². The molecule has 19 heavy (non-hydrogen) atoms. The molecule has 0 spiro atoms. The lowest BCUT2D eigenvalue weighted by Gasteiger charge is -2.26. The highest BCUT2D eigenvalue weighted by molar-refractivity contribution is 5.77. The summed E-state index contributed by atoms with van der Waals surface area (Å²) in [5.74, 6) is 0.444. The minimum absolute atomic E-state index is 0.0115. The van der Waals surface area contributed by atoms with Crippen molar-refractivity contribution in [2.45, 2.75) is 19.3 Å². The number of nitrogens with zero attached hydrogens (tertiary/aromatic N) is 2. The van der Waals surface area contributed by atoms with Crippen molar-refractivity contribution in [3.63, 3.8) is 0 Å². The normalized spacial score (nSPS) is 15.5. The fraction of sp³-hybridized carbons (Fsp3) is 0.429. The van der Waals surface area contributed by atoms with E-state index in [-0.39, 0.29) is 12.5 Å². The molecule has 0 saturated carbocycles. The minimum atomic E-state index is -0.147. The van der Waals surface area contributed by atoms with Gasteiger partial charge in [0.25, 0.3) is 5.91 Å². The van der Waals surface area contributed by atoms with Crippen molar-refractivity contribution in [2.75, 3.05) is 19.7 Å². The summed E-state index contributed by atoms with van der Waals surface area (Å²) in [5, 5.41) is 10.6. The summed E-state index contributed by atoms with van der Waals surface area (Å²) in [4.78, 5) is 11.7. The smallest absolute Gasteiger partial charge is 0.272 e. The molecule has 1 saturated heterocycles. The van der Waals surface area contributed by atoms with Crippen LogP contribution in [0.1, 0.15) is 24.8 Å². The monoisotopic (exact) mass is 259 g/mol. The third kappa shape index (κ3) is 4.27. The summed E-state index contributed by atoms with van der Waals surface area (Å²) in [6, 6.07) is 8.74. The number of benzene rings is 1. The van der Waals surface area contributed by atoms with E-state index in [4.69, 9.17) is 10.00 Å². The Morgan fingerprint density at radius 1 is 1.26 bits per heavy atom. The van der Waals surface area contributed by atoms with E-state index in [0.29, 0.717) is 11.3 Å². The number of nitrogens with one attached hydrogen (secondary N) is 1. The molecule has 5 nitrogen and oxygen atoms in total. The molecule has 1 heterocycles. The van der Waals surface area contributed by atoms with Crippen LogP contribution in [0.3, 0.4) is 0 Å². The van der Waals surface area contributed by atoms with Crippen LogP contribution in [0, 0.1) is 11.3 Å². The van der Waals surface area contributed by atoms with E-state index >= 15 is 0 Å². The van der Waals surface area contributed by atoms with Crippen LogP contribution in [0.5, 0.6) is 5.75 Å². The Labute approximate surface area is 112 Å². The van der Waals surface area contributed by atoms with Crippen molar-refractivity contribution in [1.29, 1.82) is 5.26 Å². The highest BCUT2D eigenvalue weighted by Gasteiger charge is 2.12. The van der Waals surface area contributed by atoms with Crippen LogP contribution >= 0.6 is 0 Å². The predicted octanol–water partition coefficient (Wildman–Crippen LogP) is 1.45. The van der Waals surface area contributed by atoms with E-state index in [2.05, 4.69) is 5.43 Å². The summed E-state index contributed by atoms with van der Waals surface area (Å²) in [7, 11) is 0. The fourth-order valence-electron chi connectivity index (χ4n) is 1.99. The maximum absolute atomic E-state index is 11.7. The van der Waals surface area contributed by atoms with E-state index in [0.717, 1.165) is 25.9 Å². The van der Waals surface area contributed by atoms with Crippen LogP contribution in [-0.4, -0.2) is 30.6 Å². The van der Waals surface area contributed by atoms with Gasteiger partial charge in [0.2, 0.25) is 0 Å². The molecule has 2 rings (SSSR count). The highest BCUT2D eigenvalue weighted by atomic mass is 16.5. The van der Waals surface area contributed by atoms with Gasteiger partial charge < -0.3 is 4.74 Å². The van der Waals surface area contributed by atoms with Crippen LogP contribution in [0.15, 0.2) is 24.3 Å². The zero-order valence-corrected chi connectivity index (χ0v) is 10.8. The molecule has 0 atom stereocenters. The van der Waals surface area contributed by atoms with Gasteiger partial charge in [-0.1, -0.05) is 6.42 Å². The number of hydrogen-bond donors (Lipinski definition) is 1. The average molecular weight is 259 g/mol. The summed E-state index contributed by atoms with van der Waals surface area (Å²) in [6.07, 6.45) is 3.47. The highest BCUT2D eigenvalue weighted by Crippen LogP contribution is 2.11. The zero-order chi connectivity index (χ0) is 13.5. The largest absolute Gasteiger partial charge is 0.484 e. The molecular formula is C14H17N3O2. The van der Waals surface area contributed by atoms with Crippen LogP contribution in [0.25, 0.3) is 0 Å². The topological polar surface area (TPSA) is 65.4 Å². The van der Waals surface area contributed by atoms with Gasteiger partial charge in [0.05, 0.1) is 11.6 Å². The fourth-order valence-corrected chi connectivity index (χ4v) is 1.99. The van der Waals surface area contributed by atoms with Gasteiger partial charge in [0.15, 0.2) is 6.61 Å². The van der Waals surface area contributed by atoms with Crippen LogP contribution in [0.2, 0.25) is 0 Å². The van der Waals surface area contributed by atoms with Crippen molar-refractivity contribution in [3.8, 4) is 11.8 Å². The number of ether oxygens (including phenoxy) is 1. The molecule has 1 amide bonds. The van der Waals surface area contributed by atoms with Crippen molar-refractivity contribution >= 4 is 5.91 Å². The minimum Gasteiger partial charge on any atom is -0.484 e. The number of nitriles is 1. The molecule has 100 valence electrons. The SMILES string of the molecule is N#Cc1ccc(OCC(=O)NN2CCCCC2)cc1. The first-order valence-corrected chi connectivity index (χ1v) is 6.45.